The number of fused-ring (bicyclic) bond motifs is 1. The van der Waals surface area contributed by atoms with E-state index in [-0.39, 0.29) is 17.5 Å². The first kappa shape index (κ1) is 11.3. The van der Waals surface area contributed by atoms with E-state index in [1.54, 1.807) is 4.57 Å². The van der Waals surface area contributed by atoms with Gasteiger partial charge in [-0.1, -0.05) is 12.8 Å². The summed E-state index contributed by atoms with van der Waals surface area (Å²) in [5.74, 6) is 1.21. The van der Waals surface area contributed by atoms with E-state index < -0.39 is 0 Å². The summed E-state index contributed by atoms with van der Waals surface area (Å²) in [6, 6.07) is 0. The van der Waals surface area contributed by atoms with Gasteiger partial charge in [0.1, 0.15) is 0 Å². The summed E-state index contributed by atoms with van der Waals surface area (Å²) < 4.78 is 1.63. The average molecular weight is 262 g/mol. The maximum Gasteiger partial charge on any atom is 0.343 e. The molecule has 2 aliphatic carbocycles. The summed E-state index contributed by atoms with van der Waals surface area (Å²) in [5.41, 5.74) is 0.181. The highest BCUT2D eigenvalue weighted by Gasteiger charge is 2.59. The van der Waals surface area contributed by atoms with E-state index >= 15 is 0 Å². The summed E-state index contributed by atoms with van der Waals surface area (Å²) in [5, 5.41) is 6.44. The number of amides is 1. The minimum absolute atomic E-state index is 0.166. The van der Waals surface area contributed by atoms with E-state index in [0.717, 1.165) is 6.42 Å². The van der Waals surface area contributed by atoms with Crippen molar-refractivity contribution in [3.05, 3.63) is 16.3 Å². The molecular formula is C13H18N4O2. The van der Waals surface area contributed by atoms with Gasteiger partial charge in [0.05, 0.1) is 6.54 Å². The second-order valence-corrected chi connectivity index (χ2v) is 6.18. The van der Waals surface area contributed by atoms with E-state index in [4.69, 9.17) is 0 Å². The van der Waals surface area contributed by atoms with Gasteiger partial charge in [0, 0.05) is 19.0 Å². The molecule has 1 amide bonds. The molecule has 3 aliphatic rings. The standard InChI is InChI=1S/C13H18N4O2/c18-11(9-7-13(9)3-1-2-4-13)16-5-6-17-10(8-16)14-15-12(17)19/h9H,1-8H2,(H,15,19). The Labute approximate surface area is 110 Å². The topological polar surface area (TPSA) is 71.0 Å². The quantitative estimate of drug-likeness (QED) is 0.801. The normalized spacial score (nSPS) is 27.6. The van der Waals surface area contributed by atoms with Crippen molar-refractivity contribution in [2.45, 2.75) is 45.2 Å². The van der Waals surface area contributed by atoms with Gasteiger partial charge >= 0.3 is 5.69 Å². The van der Waals surface area contributed by atoms with Gasteiger partial charge in [0.15, 0.2) is 5.82 Å². The maximum atomic E-state index is 12.5. The SMILES string of the molecule is O=C(C1CC12CCCC2)N1CCn2c(n[nH]c2=O)C1. The van der Waals surface area contributed by atoms with Crippen LogP contribution in [0.5, 0.6) is 0 Å². The molecule has 6 nitrogen and oxygen atoms in total. The van der Waals surface area contributed by atoms with Crippen molar-refractivity contribution in [2.75, 3.05) is 6.54 Å². The number of rotatable bonds is 1. The monoisotopic (exact) mass is 262 g/mol. The molecule has 1 spiro atoms. The Hall–Kier alpha value is -1.59. The number of carbonyl (C=O) groups is 1. The van der Waals surface area contributed by atoms with Crippen LogP contribution in [0.1, 0.15) is 37.9 Å². The second kappa shape index (κ2) is 3.71. The second-order valence-electron chi connectivity index (χ2n) is 6.18. The third-order valence-corrected chi connectivity index (χ3v) is 5.16. The first-order valence-corrected chi connectivity index (χ1v) is 7.12. The Morgan fingerprint density at radius 1 is 1.32 bits per heavy atom. The van der Waals surface area contributed by atoms with Crippen LogP contribution in [0.25, 0.3) is 0 Å². The number of H-pyrrole nitrogens is 1. The maximum absolute atomic E-state index is 12.5. The van der Waals surface area contributed by atoms with Crippen molar-refractivity contribution in [2.24, 2.45) is 11.3 Å². The number of hydrogen-bond donors (Lipinski definition) is 1. The van der Waals surface area contributed by atoms with Crippen LogP contribution in [-0.4, -0.2) is 32.1 Å². The molecule has 2 fully saturated rings. The molecule has 1 aromatic rings. The number of nitrogens with zero attached hydrogens (tertiary/aromatic N) is 3. The van der Waals surface area contributed by atoms with Gasteiger partial charge in [-0.3, -0.25) is 9.36 Å². The molecule has 0 bridgehead atoms. The molecule has 2 heterocycles. The van der Waals surface area contributed by atoms with Crippen LogP contribution in [-0.2, 0) is 17.9 Å². The molecule has 6 heteroatoms. The Morgan fingerprint density at radius 3 is 2.89 bits per heavy atom. The van der Waals surface area contributed by atoms with E-state index in [1.165, 1.54) is 25.7 Å². The molecule has 0 radical (unpaired) electrons. The van der Waals surface area contributed by atoms with Crippen LogP contribution >= 0.6 is 0 Å². The fourth-order valence-corrected chi connectivity index (χ4v) is 3.91. The van der Waals surface area contributed by atoms with Gasteiger partial charge in [-0.05, 0) is 24.7 Å². The molecule has 102 valence electrons. The fourth-order valence-electron chi connectivity index (χ4n) is 3.91. The minimum atomic E-state index is -0.166. The highest BCUT2D eigenvalue weighted by molar-refractivity contribution is 5.82. The number of aromatic amines is 1. The molecule has 0 aromatic carbocycles. The van der Waals surface area contributed by atoms with Gasteiger partial charge in [0.2, 0.25) is 5.91 Å². The molecule has 4 rings (SSSR count). The van der Waals surface area contributed by atoms with Crippen LogP contribution < -0.4 is 5.69 Å². The molecular weight excluding hydrogens is 244 g/mol. The van der Waals surface area contributed by atoms with E-state index in [0.29, 0.717) is 30.9 Å². The molecule has 1 aliphatic heterocycles. The Morgan fingerprint density at radius 2 is 2.11 bits per heavy atom. The summed E-state index contributed by atoms with van der Waals surface area (Å²) in [6.45, 7) is 1.68. The lowest BCUT2D eigenvalue weighted by molar-refractivity contribution is -0.135. The summed E-state index contributed by atoms with van der Waals surface area (Å²) >= 11 is 0. The minimum Gasteiger partial charge on any atom is -0.333 e. The summed E-state index contributed by atoms with van der Waals surface area (Å²) in [6.07, 6.45) is 6.09. The largest absolute Gasteiger partial charge is 0.343 e. The molecule has 1 aromatic heterocycles. The predicted octanol–water partition coefficient (Wildman–Crippen LogP) is 0.494. The van der Waals surface area contributed by atoms with Gasteiger partial charge in [-0.2, -0.15) is 5.10 Å². The van der Waals surface area contributed by atoms with Crippen LogP contribution in [0.4, 0.5) is 0 Å². The molecule has 1 atom stereocenters. The molecule has 19 heavy (non-hydrogen) atoms. The Balaban J connectivity index is 1.50. The first-order chi connectivity index (χ1) is 9.20. The highest BCUT2D eigenvalue weighted by Crippen LogP contribution is 2.63. The fraction of sp³-hybridized carbons (Fsp3) is 0.769. The van der Waals surface area contributed by atoms with Crippen LogP contribution in [0.2, 0.25) is 0 Å². The average Bonchev–Trinajstić information content (AvgIpc) is 2.74. The zero-order valence-corrected chi connectivity index (χ0v) is 10.9. The molecule has 2 saturated carbocycles. The lowest BCUT2D eigenvalue weighted by Crippen LogP contribution is -2.41. The van der Waals surface area contributed by atoms with Crippen molar-refractivity contribution < 1.29 is 4.79 Å². The number of carbonyl (C=O) groups excluding carboxylic acids is 1. The van der Waals surface area contributed by atoms with Crippen LogP contribution in [0, 0.1) is 11.3 Å². The van der Waals surface area contributed by atoms with Gasteiger partial charge in [-0.15, -0.1) is 0 Å². The molecule has 1 N–H and O–H groups in total. The smallest absolute Gasteiger partial charge is 0.333 e. The lowest BCUT2D eigenvalue weighted by atomic mass is 10.0. The van der Waals surface area contributed by atoms with E-state index in [1.807, 2.05) is 4.90 Å². The van der Waals surface area contributed by atoms with Crippen molar-refractivity contribution >= 4 is 5.91 Å². The van der Waals surface area contributed by atoms with E-state index in [9.17, 15) is 9.59 Å². The van der Waals surface area contributed by atoms with E-state index in [2.05, 4.69) is 10.2 Å². The third kappa shape index (κ3) is 1.58. The predicted molar refractivity (Wildman–Crippen MR) is 67.3 cm³/mol. The zero-order valence-electron chi connectivity index (χ0n) is 10.9. The molecule has 0 saturated heterocycles. The Bertz CT molecular complexity index is 582. The first-order valence-electron chi connectivity index (χ1n) is 7.12. The van der Waals surface area contributed by atoms with Crippen molar-refractivity contribution in [1.82, 2.24) is 19.7 Å². The highest BCUT2D eigenvalue weighted by atomic mass is 16.2. The van der Waals surface area contributed by atoms with Crippen molar-refractivity contribution in [3.63, 3.8) is 0 Å². The zero-order chi connectivity index (χ0) is 13.0. The number of aromatic nitrogens is 3. The summed E-state index contributed by atoms with van der Waals surface area (Å²) in [4.78, 5) is 25.9. The number of nitrogens with one attached hydrogen (secondary N) is 1. The molecule has 1 unspecified atom stereocenters. The van der Waals surface area contributed by atoms with Gasteiger partial charge in [-0.25, -0.2) is 9.89 Å². The number of hydrogen-bond acceptors (Lipinski definition) is 3. The van der Waals surface area contributed by atoms with Crippen LogP contribution in [0.3, 0.4) is 0 Å². The third-order valence-electron chi connectivity index (χ3n) is 5.16. The van der Waals surface area contributed by atoms with Crippen molar-refractivity contribution in [1.29, 1.82) is 0 Å². The van der Waals surface area contributed by atoms with Gasteiger partial charge in [0.25, 0.3) is 0 Å². The Kier molecular flexibility index (Phi) is 2.20. The lowest BCUT2D eigenvalue weighted by Gasteiger charge is -2.27. The van der Waals surface area contributed by atoms with Crippen LogP contribution in [0.15, 0.2) is 4.79 Å². The van der Waals surface area contributed by atoms with Gasteiger partial charge < -0.3 is 4.90 Å². The summed E-state index contributed by atoms with van der Waals surface area (Å²) in [7, 11) is 0. The van der Waals surface area contributed by atoms with Crippen molar-refractivity contribution in [3.8, 4) is 0 Å².